The number of nitrogens with one attached hydrogen (secondary N) is 1. The van der Waals surface area contributed by atoms with Gasteiger partial charge in [-0.05, 0) is 56.9 Å². The van der Waals surface area contributed by atoms with Crippen LogP contribution < -0.4 is 5.32 Å². The second-order valence-electron chi connectivity index (χ2n) is 7.79. The van der Waals surface area contributed by atoms with E-state index in [1.165, 1.54) is 17.8 Å². The summed E-state index contributed by atoms with van der Waals surface area (Å²) in [5.74, 6) is -0.246. The molecule has 0 radical (unpaired) electrons. The van der Waals surface area contributed by atoms with Gasteiger partial charge in [0.15, 0.2) is 0 Å². The smallest absolute Gasteiger partial charge is 0.317 e. The van der Waals surface area contributed by atoms with Gasteiger partial charge in [-0.1, -0.05) is 12.1 Å². The van der Waals surface area contributed by atoms with Crippen molar-refractivity contribution >= 4 is 6.03 Å². The van der Waals surface area contributed by atoms with Crippen LogP contribution in [0.3, 0.4) is 0 Å². The predicted octanol–water partition coefficient (Wildman–Crippen LogP) is 3.58. The van der Waals surface area contributed by atoms with Gasteiger partial charge in [0.25, 0.3) is 0 Å². The van der Waals surface area contributed by atoms with E-state index in [0.717, 1.165) is 43.6 Å². The normalized spacial score (nSPS) is 20.6. The molecule has 6 heteroatoms. The van der Waals surface area contributed by atoms with E-state index in [-0.39, 0.29) is 23.3 Å². The molecule has 1 saturated carbocycles. The lowest BCUT2D eigenvalue weighted by molar-refractivity contribution is 0.113. The number of nitrogens with zero attached hydrogens (tertiary/aromatic N) is 3. The zero-order chi connectivity index (χ0) is 18.3. The van der Waals surface area contributed by atoms with Crippen molar-refractivity contribution < 1.29 is 9.18 Å². The summed E-state index contributed by atoms with van der Waals surface area (Å²) in [5, 5.41) is 7.66. The van der Waals surface area contributed by atoms with Gasteiger partial charge in [-0.25, -0.2) is 9.18 Å². The number of aromatic nitrogens is 2. The van der Waals surface area contributed by atoms with E-state index in [1.54, 1.807) is 12.1 Å². The summed E-state index contributed by atoms with van der Waals surface area (Å²) in [5.41, 5.74) is 3.33. The zero-order valence-corrected chi connectivity index (χ0v) is 15.3. The van der Waals surface area contributed by atoms with Gasteiger partial charge in [0.1, 0.15) is 5.82 Å². The van der Waals surface area contributed by atoms with Gasteiger partial charge in [0.2, 0.25) is 0 Å². The highest BCUT2D eigenvalue weighted by Gasteiger charge is 2.44. The molecular formula is C20H25FN4O. The largest absolute Gasteiger partial charge is 0.337 e. The van der Waals surface area contributed by atoms with Gasteiger partial charge in [-0.15, -0.1) is 0 Å². The SMILES string of the molecule is Cc1cc(C)n(CC2(CNC(=O)N3CCC3c3ccc(F)cc3)CC2)n1. The fourth-order valence-corrected chi connectivity index (χ4v) is 3.75. The van der Waals surface area contributed by atoms with Crippen LogP contribution in [0.25, 0.3) is 0 Å². The van der Waals surface area contributed by atoms with Crippen molar-refractivity contribution in [3.63, 3.8) is 0 Å². The zero-order valence-electron chi connectivity index (χ0n) is 15.3. The standard InChI is InChI=1S/C20H25FN4O/c1-14-11-15(2)25(23-14)13-20(8-9-20)12-22-19(26)24-10-7-18(24)16-3-5-17(21)6-4-16/h3-6,11,18H,7-10,12-13H2,1-2H3,(H,22,26). The molecule has 1 aromatic carbocycles. The van der Waals surface area contributed by atoms with Crippen molar-refractivity contribution in [1.82, 2.24) is 20.0 Å². The van der Waals surface area contributed by atoms with E-state index < -0.39 is 0 Å². The molecule has 1 atom stereocenters. The number of urea groups is 1. The number of carbonyl (C=O) groups is 1. The van der Waals surface area contributed by atoms with Crippen LogP contribution in [0.4, 0.5) is 9.18 Å². The lowest BCUT2D eigenvalue weighted by atomic mass is 9.95. The minimum Gasteiger partial charge on any atom is -0.337 e. The quantitative estimate of drug-likeness (QED) is 0.890. The Hall–Kier alpha value is -2.37. The van der Waals surface area contributed by atoms with Gasteiger partial charge in [-0.2, -0.15) is 5.10 Å². The van der Waals surface area contributed by atoms with Crippen LogP contribution in [0.2, 0.25) is 0 Å². The first kappa shape index (κ1) is 17.1. The summed E-state index contributed by atoms with van der Waals surface area (Å²) in [4.78, 5) is 14.4. The van der Waals surface area contributed by atoms with Crippen LogP contribution in [0, 0.1) is 25.1 Å². The molecule has 1 unspecified atom stereocenters. The summed E-state index contributed by atoms with van der Waals surface area (Å²) < 4.78 is 15.2. The third kappa shape index (κ3) is 3.32. The van der Waals surface area contributed by atoms with Crippen LogP contribution in [0.5, 0.6) is 0 Å². The molecule has 1 saturated heterocycles. The van der Waals surface area contributed by atoms with E-state index >= 15 is 0 Å². The highest BCUT2D eigenvalue weighted by atomic mass is 19.1. The van der Waals surface area contributed by atoms with Gasteiger partial charge >= 0.3 is 6.03 Å². The van der Waals surface area contributed by atoms with Crippen LogP contribution in [0.1, 0.15) is 42.3 Å². The molecule has 0 spiro atoms. The number of likely N-dealkylation sites (tertiary alicyclic amines) is 1. The topological polar surface area (TPSA) is 50.2 Å². The number of rotatable bonds is 5. The number of aryl methyl sites for hydroxylation is 2. The number of amides is 2. The van der Waals surface area contributed by atoms with Crippen molar-refractivity contribution in [3.05, 3.63) is 53.1 Å². The lowest BCUT2D eigenvalue weighted by Gasteiger charge is -2.41. The lowest BCUT2D eigenvalue weighted by Crippen LogP contribution is -2.51. The minimum atomic E-state index is -0.246. The number of hydrogen-bond donors (Lipinski definition) is 1. The first-order chi connectivity index (χ1) is 12.5. The molecule has 1 N–H and O–H groups in total. The molecule has 2 aromatic rings. The second kappa shape index (κ2) is 6.41. The summed E-state index contributed by atoms with van der Waals surface area (Å²) >= 11 is 0. The Kier molecular flexibility index (Phi) is 4.21. The predicted molar refractivity (Wildman–Crippen MR) is 97.2 cm³/mol. The Balaban J connectivity index is 1.34. The van der Waals surface area contributed by atoms with Crippen molar-refractivity contribution in [1.29, 1.82) is 0 Å². The van der Waals surface area contributed by atoms with E-state index in [0.29, 0.717) is 6.54 Å². The Labute approximate surface area is 153 Å². The molecule has 2 heterocycles. The van der Waals surface area contributed by atoms with Crippen LogP contribution in [0.15, 0.2) is 30.3 Å². The molecular weight excluding hydrogens is 331 g/mol. The fraction of sp³-hybridized carbons (Fsp3) is 0.500. The molecule has 2 amide bonds. The number of halogens is 1. The maximum Gasteiger partial charge on any atom is 0.317 e. The first-order valence-corrected chi connectivity index (χ1v) is 9.27. The minimum absolute atomic E-state index is 0.0229. The van der Waals surface area contributed by atoms with E-state index in [4.69, 9.17) is 0 Å². The molecule has 5 nitrogen and oxygen atoms in total. The molecule has 1 aliphatic heterocycles. The van der Waals surface area contributed by atoms with Crippen LogP contribution >= 0.6 is 0 Å². The molecule has 0 bridgehead atoms. The average Bonchev–Trinajstić information content (AvgIpc) is 3.26. The number of benzene rings is 1. The van der Waals surface area contributed by atoms with Crippen molar-refractivity contribution in [2.24, 2.45) is 5.41 Å². The first-order valence-electron chi connectivity index (χ1n) is 9.27. The summed E-state index contributed by atoms with van der Waals surface area (Å²) in [6, 6.07) is 8.57. The van der Waals surface area contributed by atoms with Crippen LogP contribution in [-0.2, 0) is 6.54 Å². The molecule has 1 aliphatic carbocycles. The van der Waals surface area contributed by atoms with Crippen molar-refractivity contribution in [3.8, 4) is 0 Å². The maximum atomic E-state index is 13.1. The average molecular weight is 356 g/mol. The van der Waals surface area contributed by atoms with Gasteiger partial charge in [0, 0.05) is 30.7 Å². The third-order valence-corrected chi connectivity index (χ3v) is 5.70. The molecule has 2 aliphatic rings. The van der Waals surface area contributed by atoms with Crippen LogP contribution in [-0.4, -0.2) is 33.8 Å². The van der Waals surface area contributed by atoms with Gasteiger partial charge < -0.3 is 10.2 Å². The summed E-state index contributed by atoms with van der Waals surface area (Å²) in [7, 11) is 0. The van der Waals surface area contributed by atoms with Crippen molar-refractivity contribution in [2.75, 3.05) is 13.1 Å². The third-order valence-electron chi connectivity index (χ3n) is 5.70. The molecule has 1 aromatic heterocycles. The highest BCUT2D eigenvalue weighted by Crippen LogP contribution is 2.46. The molecule has 4 rings (SSSR count). The van der Waals surface area contributed by atoms with E-state index in [2.05, 4.69) is 28.1 Å². The highest BCUT2D eigenvalue weighted by molar-refractivity contribution is 5.75. The molecule has 2 fully saturated rings. The number of hydrogen-bond acceptors (Lipinski definition) is 2. The summed E-state index contributed by atoms with van der Waals surface area (Å²) in [6.07, 6.45) is 3.16. The Bertz CT molecular complexity index is 810. The Morgan fingerprint density at radius 2 is 2.04 bits per heavy atom. The second-order valence-corrected chi connectivity index (χ2v) is 7.79. The van der Waals surface area contributed by atoms with Gasteiger partial charge in [0.05, 0.1) is 11.7 Å². The van der Waals surface area contributed by atoms with Gasteiger partial charge in [-0.3, -0.25) is 4.68 Å². The van der Waals surface area contributed by atoms with Crippen molar-refractivity contribution in [2.45, 2.75) is 45.7 Å². The monoisotopic (exact) mass is 356 g/mol. The fourth-order valence-electron chi connectivity index (χ4n) is 3.75. The van der Waals surface area contributed by atoms with E-state index in [1.807, 2.05) is 11.8 Å². The molecule has 138 valence electrons. The molecule has 26 heavy (non-hydrogen) atoms. The maximum absolute atomic E-state index is 13.1. The number of carbonyl (C=O) groups excluding carboxylic acids is 1. The Morgan fingerprint density at radius 3 is 2.58 bits per heavy atom. The Morgan fingerprint density at radius 1 is 1.31 bits per heavy atom. The summed E-state index contributed by atoms with van der Waals surface area (Å²) in [6.45, 7) is 6.36. The van der Waals surface area contributed by atoms with E-state index in [9.17, 15) is 9.18 Å².